The molecule has 0 aliphatic carbocycles. The van der Waals surface area contributed by atoms with E-state index < -0.39 is 10.0 Å². The largest absolute Gasteiger partial charge is 0.497 e. The molecular weight excluding hydrogens is 426 g/mol. The molecular formula is C24H31N3O4S. The zero-order valence-corrected chi connectivity index (χ0v) is 19.4. The molecule has 0 N–H and O–H groups in total. The number of rotatable bonds is 7. The Bertz CT molecular complexity index is 1030. The van der Waals surface area contributed by atoms with Crippen LogP contribution in [0.2, 0.25) is 0 Å². The Morgan fingerprint density at radius 1 is 0.938 bits per heavy atom. The highest BCUT2D eigenvalue weighted by Crippen LogP contribution is 2.22. The Kier molecular flexibility index (Phi) is 7.13. The molecule has 4 rings (SSSR count). The fourth-order valence-corrected chi connectivity index (χ4v) is 5.87. The molecule has 2 saturated heterocycles. The first-order valence-electron chi connectivity index (χ1n) is 11.2. The number of nitrogens with zero attached hydrogens (tertiary/aromatic N) is 3. The van der Waals surface area contributed by atoms with Crippen LogP contribution in [0.1, 0.15) is 28.8 Å². The van der Waals surface area contributed by atoms with Crippen LogP contribution in [-0.4, -0.2) is 81.4 Å². The Morgan fingerprint density at radius 3 is 2.28 bits per heavy atom. The van der Waals surface area contributed by atoms with Gasteiger partial charge in [-0.3, -0.25) is 9.69 Å². The maximum atomic E-state index is 13.0. The molecule has 0 radical (unpaired) electrons. The fourth-order valence-electron chi connectivity index (χ4n) is 4.30. The second-order valence-electron chi connectivity index (χ2n) is 8.37. The van der Waals surface area contributed by atoms with E-state index in [0.29, 0.717) is 31.7 Å². The third kappa shape index (κ3) is 5.14. The van der Waals surface area contributed by atoms with Gasteiger partial charge in [0.15, 0.2) is 0 Å². The van der Waals surface area contributed by atoms with Crippen molar-refractivity contribution in [3.8, 4) is 5.75 Å². The average Bonchev–Trinajstić information content (AvgIpc) is 3.39. The molecule has 2 fully saturated rings. The molecule has 2 aromatic carbocycles. The van der Waals surface area contributed by atoms with Gasteiger partial charge in [-0.1, -0.05) is 18.2 Å². The lowest BCUT2D eigenvalue weighted by molar-refractivity contribution is 0.0638. The number of ether oxygens (including phenoxy) is 1. The van der Waals surface area contributed by atoms with Gasteiger partial charge in [0, 0.05) is 51.4 Å². The normalized spacial score (nSPS) is 18.1. The number of carbonyl (C=O) groups excluding carboxylic acids is 1. The van der Waals surface area contributed by atoms with E-state index >= 15 is 0 Å². The lowest BCUT2D eigenvalue weighted by Gasteiger charge is -2.34. The maximum absolute atomic E-state index is 13.0. The third-order valence-electron chi connectivity index (χ3n) is 6.32. The number of methoxy groups -OCH3 is 1. The van der Waals surface area contributed by atoms with Crippen molar-refractivity contribution in [1.29, 1.82) is 0 Å². The summed E-state index contributed by atoms with van der Waals surface area (Å²) < 4.78 is 32.4. The van der Waals surface area contributed by atoms with E-state index in [-0.39, 0.29) is 10.8 Å². The summed E-state index contributed by atoms with van der Waals surface area (Å²) in [4.78, 5) is 17.4. The zero-order chi connectivity index (χ0) is 22.6. The van der Waals surface area contributed by atoms with Crippen molar-refractivity contribution in [2.75, 3.05) is 52.9 Å². The first-order valence-corrected chi connectivity index (χ1v) is 12.7. The van der Waals surface area contributed by atoms with Crippen LogP contribution in [0.4, 0.5) is 0 Å². The lowest BCUT2D eigenvalue weighted by atomic mass is 10.1. The fraction of sp³-hybridized carbons (Fsp3) is 0.458. The number of amides is 1. The summed E-state index contributed by atoms with van der Waals surface area (Å²) in [6.45, 7) is 4.96. The van der Waals surface area contributed by atoms with Gasteiger partial charge in [-0.05, 0) is 55.2 Å². The molecule has 7 nitrogen and oxygen atoms in total. The number of benzene rings is 2. The molecule has 2 heterocycles. The minimum Gasteiger partial charge on any atom is -0.497 e. The molecule has 0 spiro atoms. The number of hydrogen-bond acceptors (Lipinski definition) is 5. The zero-order valence-electron chi connectivity index (χ0n) is 18.6. The van der Waals surface area contributed by atoms with Gasteiger partial charge in [0.2, 0.25) is 10.0 Å². The van der Waals surface area contributed by atoms with E-state index in [9.17, 15) is 13.2 Å². The number of carbonyl (C=O) groups is 1. The van der Waals surface area contributed by atoms with E-state index in [4.69, 9.17) is 4.74 Å². The summed E-state index contributed by atoms with van der Waals surface area (Å²) in [5.74, 6) is 0.761. The summed E-state index contributed by atoms with van der Waals surface area (Å²) in [6, 6.07) is 14.6. The first kappa shape index (κ1) is 22.8. The van der Waals surface area contributed by atoms with Crippen molar-refractivity contribution in [1.82, 2.24) is 14.1 Å². The van der Waals surface area contributed by atoms with Crippen LogP contribution in [0.15, 0.2) is 53.4 Å². The lowest BCUT2D eigenvalue weighted by Crippen LogP contribution is -2.49. The van der Waals surface area contributed by atoms with Gasteiger partial charge in [0.1, 0.15) is 5.75 Å². The van der Waals surface area contributed by atoms with Crippen LogP contribution in [0.25, 0.3) is 0 Å². The van der Waals surface area contributed by atoms with Gasteiger partial charge in [0.25, 0.3) is 5.91 Å². The van der Waals surface area contributed by atoms with Crippen molar-refractivity contribution in [2.24, 2.45) is 0 Å². The molecule has 0 aromatic heterocycles. The predicted molar refractivity (Wildman–Crippen MR) is 123 cm³/mol. The molecule has 0 saturated carbocycles. The molecule has 2 aromatic rings. The number of hydrogen-bond donors (Lipinski definition) is 0. The van der Waals surface area contributed by atoms with Crippen LogP contribution in [0, 0.1) is 0 Å². The van der Waals surface area contributed by atoms with Crippen molar-refractivity contribution in [2.45, 2.75) is 24.2 Å². The van der Waals surface area contributed by atoms with Gasteiger partial charge in [-0.15, -0.1) is 0 Å². The summed E-state index contributed by atoms with van der Waals surface area (Å²) >= 11 is 0. The minimum atomic E-state index is -3.53. The average molecular weight is 458 g/mol. The molecule has 32 heavy (non-hydrogen) atoms. The third-order valence-corrected chi connectivity index (χ3v) is 8.21. The summed E-state index contributed by atoms with van der Waals surface area (Å²) in [6.07, 6.45) is 2.73. The van der Waals surface area contributed by atoms with Crippen molar-refractivity contribution < 1.29 is 17.9 Å². The first-order chi connectivity index (χ1) is 15.5. The van der Waals surface area contributed by atoms with E-state index in [1.807, 2.05) is 17.0 Å². The van der Waals surface area contributed by atoms with Gasteiger partial charge in [-0.25, -0.2) is 8.42 Å². The Hall–Kier alpha value is -2.42. The van der Waals surface area contributed by atoms with Gasteiger partial charge in [-0.2, -0.15) is 4.31 Å². The predicted octanol–water partition coefficient (Wildman–Crippen LogP) is 2.48. The highest BCUT2D eigenvalue weighted by Gasteiger charge is 2.28. The molecule has 2 aliphatic rings. The molecule has 0 bridgehead atoms. The maximum Gasteiger partial charge on any atom is 0.253 e. The van der Waals surface area contributed by atoms with Crippen LogP contribution < -0.4 is 4.74 Å². The van der Waals surface area contributed by atoms with Gasteiger partial charge in [0.05, 0.1) is 12.0 Å². The number of sulfonamides is 1. The molecule has 0 unspecified atom stereocenters. The molecule has 8 heteroatoms. The standard InChI is InChI=1S/C24H31N3O4S/c1-31-22-9-7-20(8-10-22)11-14-25-15-17-26(18-16-25)24(28)21-5-4-6-23(19-21)32(29,30)27-12-2-3-13-27/h4-10,19H,2-3,11-18H2,1H3. The van der Waals surface area contributed by atoms with Gasteiger partial charge >= 0.3 is 0 Å². The molecule has 0 atom stereocenters. The van der Waals surface area contributed by atoms with Crippen LogP contribution in [0.5, 0.6) is 5.75 Å². The molecule has 1 amide bonds. The minimum absolute atomic E-state index is 0.0988. The summed E-state index contributed by atoms with van der Waals surface area (Å²) in [7, 11) is -1.86. The second-order valence-corrected chi connectivity index (χ2v) is 10.3. The molecule has 2 aliphatic heterocycles. The SMILES string of the molecule is COc1ccc(CCN2CCN(C(=O)c3cccc(S(=O)(=O)N4CCCC4)c3)CC2)cc1. The van der Waals surface area contributed by atoms with Crippen LogP contribution in [0.3, 0.4) is 0 Å². The van der Waals surface area contributed by atoms with Crippen molar-refractivity contribution in [3.05, 3.63) is 59.7 Å². The van der Waals surface area contributed by atoms with Crippen LogP contribution in [-0.2, 0) is 16.4 Å². The van der Waals surface area contributed by atoms with E-state index in [1.54, 1.807) is 25.3 Å². The van der Waals surface area contributed by atoms with Crippen molar-refractivity contribution in [3.63, 3.8) is 0 Å². The smallest absolute Gasteiger partial charge is 0.253 e. The van der Waals surface area contributed by atoms with E-state index in [0.717, 1.165) is 44.6 Å². The van der Waals surface area contributed by atoms with E-state index in [1.165, 1.54) is 15.9 Å². The Balaban J connectivity index is 1.32. The molecule has 172 valence electrons. The van der Waals surface area contributed by atoms with E-state index in [2.05, 4.69) is 17.0 Å². The Morgan fingerprint density at radius 2 is 1.62 bits per heavy atom. The second kappa shape index (κ2) is 10.0. The summed E-state index contributed by atoms with van der Waals surface area (Å²) in [5.41, 5.74) is 1.71. The number of piperazine rings is 1. The quantitative estimate of drug-likeness (QED) is 0.639. The van der Waals surface area contributed by atoms with Crippen LogP contribution >= 0.6 is 0 Å². The summed E-state index contributed by atoms with van der Waals surface area (Å²) in [5, 5.41) is 0. The monoisotopic (exact) mass is 457 g/mol. The van der Waals surface area contributed by atoms with Crippen molar-refractivity contribution >= 4 is 15.9 Å². The Labute approximate surface area is 190 Å². The highest BCUT2D eigenvalue weighted by molar-refractivity contribution is 7.89. The topological polar surface area (TPSA) is 70.2 Å². The van der Waals surface area contributed by atoms with Gasteiger partial charge < -0.3 is 9.64 Å². The highest BCUT2D eigenvalue weighted by atomic mass is 32.2.